The summed E-state index contributed by atoms with van der Waals surface area (Å²) in [5.41, 5.74) is 17.1. The van der Waals surface area contributed by atoms with Gasteiger partial charge in [0.1, 0.15) is 0 Å². The Hall–Kier alpha value is -2.28. The number of rotatable bonds is 3. The Balaban J connectivity index is 2.88. The molecule has 0 saturated carbocycles. The Morgan fingerprint density at radius 1 is 1.37 bits per heavy atom. The van der Waals surface area contributed by atoms with E-state index < -0.39 is 0 Å². The molecule has 7 nitrogen and oxygen atoms in total. The maximum atomic E-state index is 10.8. The van der Waals surface area contributed by atoms with Crippen LogP contribution in [-0.2, 0) is 11.3 Å². The molecule has 0 spiro atoms. The lowest BCUT2D eigenvalue weighted by molar-refractivity contribution is -0.119. The van der Waals surface area contributed by atoms with E-state index in [0.717, 1.165) is 5.56 Å². The summed E-state index contributed by atoms with van der Waals surface area (Å²) in [5.74, 6) is -0.383. The van der Waals surface area contributed by atoms with E-state index in [1.54, 1.807) is 18.2 Å². The smallest absolute Gasteiger partial charge is 0.223 e. The number of nitrogens with two attached hydrogens (primary N) is 3. The average molecular weight is 283 g/mol. The van der Waals surface area contributed by atoms with E-state index in [-0.39, 0.29) is 17.8 Å². The fourth-order valence-corrected chi connectivity index (χ4v) is 1.50. The zero-order valence-electron chi connectivity index (χ0n) is 10.4. The van der Waals surface area contributed by atoms with Crippen LogP contribution >= 0.6 is 11.6 Å². The molecule has 0 unspecified atom stereocenters. The minimum absolute atomic E-state index is 0.0866. The molecule has 0 aromatic heterocycles. The molecule has 0 heterocycles. The highest BCUT2D eigenvalue weighted by atomic mass is 35.5. The monoisotopic (exact) mass is 282 g/mol. The first-order valence-electron chi connectivity index (χ1n) is 5.35. The molecule has 0 aliphatic heterocycles. The van der Waals surface area contributed by atoms with E-state index in [2.05, 4.69) is 15.3 Å². The van der Waals surface area contributed by atoms with E-state index in [0.29, 0.717) is 17.3 Å². The first kappa shape index (κ1) is 14.8. The van der Waals surface area contributed by atoms with Gasteiger partial charge < -0.3 is 22.5 Å². The SMILES string of the molecule is CC(=O)NCc1ccc(N=C(N)N=C(N)N)c(Cl)c1. The minimum Gasteiger partial charge on any atom is -0.370 e. The molecule has 1 aromatic rings. The van der Waals surface area contributed by atoms with E-state index in [9.17, 15) is 4.79 Å². The molecule has 7 N–H and O–H groups in total. The van der Waals surface area contributed by atoms with Crippen LogP contribution in [0.5, 0.6) is 0 Å². The molecular weight excluding hydrogens is 268 g/mol. The molecule has 0 radical (unpaired) electrons. The predicted octanol–water partition coefficient (Wildman–Crippen LogP) is 0.196. The number of guanidine groups is 2. The number of benzene rings is 1. The Labute approximate surface area is 115 Å². The third-order valence-corrected chi connectivity index (χ3v) is 2.33. The fourth-order valence-electron chi connectivity index (χ4n) is 1.26. The van der Waals surface area contributed by atoms with E-state index in [4.69, 9.17) is 28.8 Å². The van der Waals surface area contributed by atoms with Crippen LogP contribution in [0.15, 0.2) is 28.2 Å². The number of hydrogen-bond acceptors (Lipinski definition) is 2. The third kappa shape index (κ3) is 5.26. The highest BCUT2D eigenvalue weighted by Gasteiger charge is 2.02. The van der Waals surface area contributed by atoms with Gasteiger partial charge in [0.2, 0.25) is 11.9 Å². The lowest BCUT2D eigenvalue weighted by Crippen LogP contribution is -2.26. The highest BCUT2D eigenvalue weighted by molar-refractivity contribution is 6.33. The molecule has 0 atom stereocenters. The summed E-state index contributed by atoms with van der Waals surface area (Å²) in [7, 11) is 0. The van der Waals surface area contributed by atoms with Crippen LogP contribution in [0.1, 0.15) is 12.5 Å². The Morgan fingerprint density at radius 2 is 2.05 bits per heavy atom. The van der Waals surface area contributed by atoms with Gasteiger partial charge in [0.05, 0.1) is 10.7 Å². The summed E-state index contributed by atoms with van der Waals surface area (Å²) in [5, 5.41) is 3.05. The van der Waals surface area contributed by atoms with Crippen LogP contribution in [0.25, 0.3) is 0 Å². The van der Waals surface area contributed by atoms with Gasteiger partial charge in [0.25, 0.3) is 0 Å². The lowest BCUT2D eigenvalue weighted by atomic mass is 10.2. The number of nitrogens with zero attached hydrogens (tertiary/aromatic N) is 2. The molecule has 102 valence electrons. The second-order valence-corrected chi connectivity index (χ2v) is 4.11. The van der Waals surface area contributed by atoms with Gasteiger partial charge in [-0.15, -0.1) is 0 Å². The molecule has 0 bridgehead atoms. The summed E-state index contributed by atoms with van der Waals surface area (Å²) in [6.07, 6.45) is 0. The number of amides is 1. The van der Waals surface area contributed by atoms with E-state index in [1.165, 1.54) is 6.92 Å². The molecule has 19 heavy (non-hydrogen) atoms. The summed E-state index contributed by atoms with van der Waals surface area (Å²) in [4.78, 5) is 18.3. The molecule has 8 heteroatoms. The Kier molecular flexibility index (Phi) is 5.13. The van der Waals surface area contributed by atoms with Crippen molar-refractivity contribution in [2.45, 2.75) is 13.5 Å². The van der Waals surface area contributed by atoms with Crippen molar-refractivity contribution in [2.75, 3.05) is 0 Å². The zero-order chi connectivity index (χ0) is 14.4. The third-order valence-electron chi connectivity index (χ3n) is 2.03. The van der Waals surface area contributed by atoms with E-state index in [1.807, 2.05) is 0 Å². The molecule has 0 aliphatic rings. The number of carbonyl (C=O) groups excluding carboxylic acids is 1. The van der Waals surface area contributed by atoms with Crippen LogP contribution < -0.4 is 22.5 Å². The maximum absolute atomic E-state index is 10.8. The van der Waals surface area contributed by atoms with Crippen LogP contribution in [0.2, 0.25) is 5.02 Å². The Bertz CT molecular complexity index is 536. The van der Waals surface area contributed by atoms with Gasteiger partial charge in [0.15, 0.2) is 5.96 Å². The van der Waals surface area contributed by atoms with Crippen LogP contribution in [0.3, 0.4) is 0 Å². The molecule has 0 aliphatic carbocycles. The number of hydrogen-bond donors (Lipinski definition) is 4. The van der Waals surface area contributed by atoms with Crippen molar-refractivity contribution < 1.29 is 4.79 Å². The molecular formula is C11H15ClN6O. The zero-order valence-corrected chi connectivity index (χ0v) is 11.1. The normalized spacial score (nSPS) is 10.9. The largest absolute Gasteiger partial charge is 0.370 e. The first-order valence-corrected chi connectivity index (χ1v) is 5.73. The average Bonchev–Trinajstić information content (AvgIpc) is 2.28. The second-order valence-electron chi connectivity index (χ2n) is 3.70. The van der Waals surface area contributed by atoms with Crippen molar-refractivity contribution >= 4 is 35.1 Å². The van der Waals surface area contributed by atoms with Crippen LogP contribution in [-0.4, -0.2) is 17.8 Å². The topological polar surface area (TPSA) is 132 Å². The lowest BCUT2D eigenvalue weighted by Gasteiger charge is -2.05. The van der Waals surface area contributed by atoms with Gasteiger partial charge in [-0.2, -0.15) is 4.99 Å². The van der Waals surface area contributed by atoms with Gasteiger partial charge >= 0.3 is 0 Å². The summed E-state index contributed by atoms with van der Waals surface area (Å²) < 4.78 is 0. The van der Waals surface area contributed by atoms with Gasteiger partial charge in [-0.25, -0.2) is 4.99 Å². The number of carbonyl (C=O) groups is 1. The number of aliphatic imine (C=N–C) groups is 2. The van der Waals surface area contributed by atoms with Crippen LogP contribution in [0, 0.1) is 0 Å². The van der Waals surface area contributed by atoms with Gasteiger partial charge in [-0.05, 0) is 17.7 Å². The number of halogens is 1. The summed E-state index contributed by atoms with van der Waals surface area (Å²) in [6.45, 7) is 1.83. The van der Waals surface area contributed by atoms with Crippen molar-refractivity contribution in [1.29, 1.82) is 0 Å². The molecule has 1 rings (SSSR count). The fraction of sp³-hybridized carbons (Fsp3) is 0.182. The van der Waals surface area contributed by atoms with Gasteiger partial charge in [-0.1, -0.05) is 17.7 Å². The second kappa shape index (κ2) is 6.60. The minimum atomic E-state index is -0.181. The highest BCUT2D eigenvalue weighted by Crippen LogP contribution is 2.25. The van der Waals surface area contributed by atoms with Crippen molar-refractivity contribution in [3.05, 3.63) is 28.8 Å². The van der Waals surface area contributed by atoms with Crippen LogP contribution in [0.4, 0.5) is 5.69 Å². The Morgan fingerprint density at radius 3 is 2.58 bits per heavy atom. The quantitative estimate of drug-likeness (QED) is 0.465. The standard InChI is InChI=1S/C11H15ClN6O/c1-6(19)16-5-7-2-3-9(8(12)4-7)17-11(15)18-10(13)14/h2-4H,5H2,1H3,(H,16,19)(H6,13,14,15,17,18). The van der Waals surface area contributed by atoms with Crippen molar-refractivity contribution in [1.82, 2.24) is 5.32 Å². The molecule has 1 aromatic carbocycles. The van der Waals surface area contributed by atoms with Crippen molar-refractivity contribution in [3.63, 3.8) is 0 Å². The summed E-state index contributed by atoms with van der Waals surface area (Å²) in [6, 6.07) is 5.11. The summed E-state index contributed by atoms with van der Waals surface area (Å²) >= 11 is 6.04. The predicted molar refractivity (Wildman–Crippen MR) is 76.1 cm³/mol. The van der Waals surface area contributed by atoms with Gasteiger partial charge in [-0.3, -0.25) is 4.79 Å². The maximum Gasteiger partial charge on any atom is 0.223 e. The first-order chi connectivity index (χ1) is 8.88. The molecule has 0 fully saturated rings. The number of nitrogens with one attached hydrogen (secondary N) is 1. The molecule has 0 saturated heterocycles. The van der Waals surface area contributed by atoms with E-state index >= 15 is 0 Å². The molecule has 1 amide bonds. The van der Waals surface area contributed by atoms with Gasteiger partial charge in [0, 0.05) is 13.5 Å². The van der Waals surface area contributed by atoms with Crippen molar-refractivity contribution in [3.8, 4) is 0 Å². The van der Waals surface area contributed by atoms with Crippen molar-refractivity contribution in [2.24, 2.45) is 27.2 Å².